The molecule has 1 aliphatic rings. The number of nitrogens with one attached hydrogen (secondary N) is 1. The average molecular weight is 363 g/mol. The van der Waals surface area contributed by atoms with Crippen LogP contribution in [0.4, 0.5) is 11.4 Å². The van der Waals surface area contributed by atoms with Crippen LogP contribution in [-0.4, -0.2) is 29.5 Å². The lowest BCUT2D eigenvalue weighted by atomic mass is 10.1. The standard InChI is InChI=1S/C13H12Cl2N2O6/c1-3-22-13(19)7-4-6-10(16-5(2)18)11(17(20)21)8(14)9(15)12(6)23-7/h7H,3-4H2,1-2H3,(H,16,18). The van der Waals surface area contributed by atoms with Gasteiger partial charge in [-0.1, -0.05) is 23.2 Å². The Morgan fingerprint density at radius 2 is 2.09 bits per heavy atom. The third-order valence-electron chi connectivity index (χ3n) is 3.10. The van der Waals surface area contributed by atoms with Gasteiger partial charge < -0.3 is 14.8 Å². The molecule has 0 spiro atoms. The first kappa shape index (κ1) is 17.3. The van der Waals surface area contributed by atoms with Crippen molar-refractivity contribution in [3.8, 4) is 5.75 Å². The SMILES string of the molecule is CCOC(=O)C1Cc2c(NC(C)=O)c([N+](=O)[O-])c(Cl)c(Cl)c2O1. The molecule has 1 unspecified atom stereocenters. The predicted molar refractivity (Wildman–Crippen MR) is 82.2 cm³/mol. The monoisotopic (exact) mass is 362 g/mol. The quantitative estimate of drug-likeness (QED) is 0.501. The Balaban J connectivity index is 2.58. The highest BCUT2D eigenvalue weighted by Gasteiger charge is 2.39. The van der Waals surface area contributed by atoms with Gasteiger partial charge in [-0.25, -0.2) is 4.79 Å². The first-order chi connectivity index (χ1) is 10.8. The number of benzene rings is 1. The highest BCUT2D eigenvalue weighted by Crippen LogP contribution is 2.51. The number of anilines is 1. The molecule has 1 aromatic carbocycles. The van der Waals surface area contributed by atoms with Gasteiger partial charge in [-0.3, -0.25) is 14.9 Å². The van der Waals surface area contributed by atoms with Crippen LogP contribution in [0.5, 0.6) is 5.75 Å². The molecule has 10 heteroatoms. The molecule has 1 amide bonds. The zero-order valence-electron chi connectivity index (χ0n) is 12.1. The molecule has 1 aliphatic heterocycles. The number of nitro groups is 1. The van der Waals surface area contributed by atoms with Gasteiger partial charge in [0.2, 0.25) is 5.91 Å². The largest absolute Gasteiger partial charge is 0.476 e. The van der Waals surface area contributed by atoms with Crippen molar-refractivity contribution in [2.24, 2.45) is 0 Å². The summed E-state index contributed by atoms with van der Waals surface area (Å²) >= 11 is 11.9. The van der Waals surface area contributed by atoms with Crippen molar-refractivity contribution >= 4 is 46.5 Å². The molecule has 0 aromatic heterocycles. The Labute approximate surface area is 140 Å². The molecular formula is C13H12Cl2N2O6. The van der Waals surface area contributed by atoms with E-state index in [-0.39, 0.29) is 40.1 Å². The second kappa shape index (κ2) is 6.59. The molecule has 1 N–H and O–H groups in total. The lowest BCUT2D eigenvalue weighted by molar-refractivity contribution is -0.383. The van der Waals surface area contributed by atoms with Crippen molar-refractivity contribution < 1.29 is 24.0 Å². The second-order valence-corrected chi connectivity index (χ2v) is 5.42. The topological polar surface area (TPSA) is 108 Å². The first-order valence-electron chi connectivity index (χ1n) is 6.57. The predicted octanol–water partition coefficient (Wildman–Crippen LogP) is 2.73. The number of nitrogens with zero attached hydrogens (tertiary/aromatic N) is 1. The van der Waals surface area contributed by atoms with E-state index in [0.717, 1.165) is 0 Å². The molecule has 0 fully saturated rings. The van der Waals surface area contributed by atoms with Crippen LogP contribution >= 0.6 is 23.2 Å². The van der Waals surface area contributed by atoms with E-state index in [9.17, 15) is 19.7 Å². The number of fused-ring (bicyclic) bond motifs is 1. The molecule has 0 bridgehead atoms. The third kappa shape index (κ3) is 3.18. The summed E-state index contributed by atoms with van der Waals surface area (Å²) in [5.41, 5.74) is -0.434. The number of carbonyl (C=O) groups excluding carboxylic acids is 2. The fourth-order valence-electron chi connectivity index (χ4n) is 2.24. The number of hydrogen-bond donors (Lipinski definition) is 1. The van der Waals surface area contributed by atoms with Crippen LogP contribution in [0.25, 0.3) is 0 Å². The van der Waals surface area contributed by atoms with Gasteiger partial charge >= 0.3 is 11.7 Å². The molecule has 8 nitrogen and oxygen atoms in total. The van der Waals surface area contributed by atoms with Gasteiger partial charge in [0.1, 0.15) is 21.5 Å². The summed E-state index contributed by atoms with van der Waals surface area (Å²) in [6, 6.07) is 0. The lowest BCUT2D eigenvalue weighted by Gasteiger charge is -2.12. The maximum atomic E-state index is 11.8. The van der Waals surface area contributed by atoms with Crippen molar-refractivity contribution in [1.29, 1.82) is 0 Å². The summed E-state index contributed by atoms with van der Waals surface area (Å²) in [4.78, 5) is 33.7. The van der Waals surface area contributed by atoms with E-state index in [1.807, 2.05) is 0 Å². The number of halogens is 2. The van der Waals surface area contributed by atoms with Gasteiger partial charge in [0, 0.05) is 18.9 Å². The molecule has 0 aliphatic carbocycles. The summed E-state index contributed by atoms with van der Waals surface area (Å²) in [5.74, 6) is -1.13. The van der Waals surface area contributed by atoms with Crippen LogP contribution in [0.2, 0.25) is 10.0 Å². The maximum absolute atomic E-state index is 11.8. The van der Waals surface area contributed by atoms with E-state index >= 15 is 0 Å². The van der Waals surface area contributed by atoms with E-state index < -0.39 is 28.6 Å². The van der Waals surface area contributed by atoms with E-state index in [2.05, 4.69) is 5.32 Å². The second-order valence-electron chi connectivity index (χ2n) is 4.66. The van der Waals surface area contributed by atoms with Crippen LogP contribution in [0, 0.1) is 10.1 Å². The van der Waals surface area contributed by atoms with Crippen molar-refractivity contribution in [2.45, 2.75) is 26.4 Å². The number of nitro benzene ring substituents is 1. The van der Waals surface area contributed by atoms with Crippen LogP contribution in [-0.2, 0) is 20.7 Å². The molecule has 2 rings (SSSR count). The van der Waals surface area contributed by atoms with Gasteiger partial charge in [-0.05, 0) is 6.92 Å². The Bertz CT molecular complexity index is 706. The number of rotatable bonds is 4. The fraction of sp³-hybridized carbons (Fsp3) is 0.385. The Morgan fingerprint density at radius 3 is 2.61 bits per heavy atom. The molecule has 0 saturated carbocycles. The first-order valence-corrected chi connectivity index (χ1v) is 7.32. The highest BCUT2D eigenvalue weighted by atomic mass is 35.5. The van der Waals surface area contributed by atoms with Crippen molar-refractivity contribution in [3.05, 3.63) is 25.7 Å². The molecule has 1 aromatic rings. The third-order valence-corrected chi connectivity index (χ3v) is 3.92. The normalized spacial score (nSPS) is 15.6. The van der Waals surface area contributed by atoms with Crippen LogP contribution in [0.3, 0.4) is 0 Å². The molecule has 0 saturated heterocycles. The van der Waals surface area contributed by atoms with Crippen LogP contribution in [0.15, 0.2) is 0 Å². The number of hydrogen-bond acceptors (Lipinski definition) is 6. The molecule has 1 atom stereocenters. The summed E-state index contributed by atoms with van der Waals surface area (Å²) < 4.78 is 10.3. The minimum Gasteiger partial charge on any atom is -0.476 e. The van der Waals surface area contributed by atoms with E-state index in [1.165, 1.54) is 6.92 Å². The Morgan fingerprint density at radius 1 is 1.43 bits per heavy atom. The molecule has 124 valence electrons. The highest BCUT2D eigenvalue weighted by molar-refractivity contribution is 6.45. The zero-order chi connectivity index (χ0) is 17.3. The van der Waals surface area contributed by atoms with Gasteiger partial charge in [0.05, 0.1) is 11.5 Å². The van der Waals surface area contributed by atoms with Crippen LogP contribution in [0.1, 0.15) is 19.4 Å². The fourth-order valence-corrected chi connectivity index (χ4v) is 2.74. The molecule has 1 heterocycles. The summed E-state index contributed by atoms with van der Waals surface area (Å²) in [6.45, 7) is 2.98. The number of ether oxygens (including phenoxy) is 2. The minimum absolute atomic E-state index is 0.0263. The van der Waals surface area contributed by atoms with Crippen molar-refractivity contribution in [1.82, 2.24) is 0 Å². The van der Waals surface area contributed by atoms with E-state index in [0.29, 0.717) is 0 Å². The number of carbonyl (C=O) groups is 2. The van der Waals surface area contributed by atoms with Gasteiger partial charge in [0.25, 0.3) is 0 Å². The smallest absolute Gasteiger partial charge is 0.347 e. The maximum Gasteiger partial charge on any atom is 0.347 e. The van der Waals surface area contributed by atoms with Gasteiger partial charge in [0.15, 0.2) is 6.10 Å². The lowest BCUT2D eigenvalue weighted by Crippen LogP contribution is -2.27. The van der Waals surface area contributed by atoms with Crippen molar-refractivity contribution in [2.75, 3.05) is 11.9 Å². The Hall–Kier alpha value is -2.06. The van der Waals surface area contributed by atoms with E-state index in [4.69, 9.17) is 32.7 Å². The van der Waals surface area contributed by atoms with Gasteiger partial charge in [-0.2, -0.15) is 0 Å². The van der Waals surface area contributed by atoms with Gasteiger partial charge in [-0.15, -0.1) is 0 Å². The summed E-state index contributed by atoms with van der Waals surface area (Å²) in [6.07, 6.45) is -1.03. The molecular weight excluding hydrogens is 351 g/mol. The number of amides is 1. The average Bonchev–Trinajstić information content (AvgIpc) is 2.89. The molecule has 0 radical (unpaired) electrons. The Kier molecular flexibility index (Phi) is 4.96. The zero-order valence-corrected chi connectivity index (χ0v) is 13.7. The number of esters is 1. The summed E-state index contributed by atoms with van der Waals surface area (Å²) in [5, 5.41) is 13.1. The molecule has 23 heavy (non-hydrogen) atoms. The van der Waals surface area contributed by atoms with Crippen LogP contribution < -0.4 is 10.1 Å². The summed E-state index contributed by atoms with van der Waals surface area (Å²) in [7, 11) is 0. The van der Waals surface area contributed by atoms with E-state index in [1.54, 1.807) is 6.92 Å². The van der Waals surface area contributed by atoms with Crippen molar-refractivity contribution in [3.63, 3.8) is 0 Å². The minimum atomic E-state index is -1.01.